The van der Waals surface area contributed by atoms with E-state index in [1.54, 1.807) is 11.8 Å². The summed E-state index contributed by atoms with van der Waals surface area (Å²) in [5, 5.41) is 9.26. The monoisotopic (exact) mass is 303 g/mol. The van der Waals surface area contributed by atoms with Gasteiger partial charge in [0.1, 0.15) is 0 Å². The van der Waals surface area contributed by atoms with Crippen molar-refractivity contribution < 1.29 is 19.4 Å². The number of likely N-dealkylation sites (tertiary alicyclic amines) is 1. The van der Waals surface area contributed by atoms with Crippen LogP contribution in [0.4, 0.5) is 0 Å². The third-order valence-corrected chi connectivity index (χ3v) is 4.79. The highest BCUT2D eigenvalue weighted by atomic mass is 16.5. The predicted octanol–water partition coefficient (Wildman–Crippen LogP) is 2.01. The maximum Gasteiger partial charge on any atom is 0.311 e. The summed E-state index contributed by atoms with van der Waals surface area (Å²) < 4.78 is 5.77. The number of amides is 1. The number of carbonyl (C=O) groups excluding carboxylic acids is 1. The Morgan fingerprint density at radius 2 is 2.18 bits per heavy atom. The summed E-state index contributed by atoms with van der Waals surface area (Å²) in [5.41, 5.74) is 1.51. The fraction of sp³-hybridized carbons (Fsp3) is 0.529. The third kappa shape index (κ3) is 2.73. The van der Waals surface area contributed by atoms with E-state index in [4.69, 9.17) is 4.74 Å². The molecule has 2 unspecified atom stereocenters. The van der Waals surface area contributed by atoms with Crippen molar-refractivity contribution in [2.45, 2.75) is 32.3 Å². The second-order valence-corrected chi connectivity index (χ2v) is 6.44. The van der Waals surface area contributed by atoms with E-state index in [9.17, 15) is 14.7 Å². The Kier molecular flexibility index (Phi) is 3.91. The van der Waals surface area contributed by atoms with E-state index in [-0.39, 0.29) is 25.0 Å². The number of fused-ring (bicyclic) bond motifs is 1. The molecular formula is C17H21NO4. The standard InChI is InChI=1S/C17H21NO4/c1-17(16(20)21)7-8-18(11-17)15(19)10-14-13-5-3-2-4-12(13)6-9-22-14/h2-5,14H,6-11H2,1H3,(H,20,21). The second kappa shape index (κ2) is 5.72. The summed E-state index contributed by atoms with van der Waals surface area (Å²) in [6, 6.07) is 8.05. The van der Waals surface area contributed by atoms with Crippen molar-refractivity contribution in [3.05, 3.63) is 35.4 Å². The highest BCUT2D eigenvalue weighted by molar-refractivity contribution is 5.81. The zero-order chi connectivity index (χ0) is 15.7. The van der Waals surface area contributed by atoms with Crippen molar-refractivity contribution in [3.63, 3.8) is 0 Å². The van der Waals surface area contributed by atoms with Crippen LogP contribution in [0, 0.1) is 5.41 Å². The van der Waals surface area contributed by atoms with Gasteiger partial charge in [0.05, 0.1) is 24.5 Å². The van der Waals surface area contributed by atoms with E-state index in [1.165, 1.54) is 5.56 Å². The van der Waals surface area contributed by atoms with Gasteiger partial charge in [-0.1, -0.05) is 24.3 Å². The molecule has 5 nitrogen and oxygen atoms in total. The molecule has 1 aromatic rings. The van der Waals surface area contributed by atoms with E-state index >= 15 is 0 Å². The molecule has 0 radical (unpaired) electrons. The van der Waals surface area contributed by atoms with E-state index in [2.05, 4.69) is 6.07 Å². The second-order valence-electron chi connectivity index (χ2n) is 6.44. The topological polar surface area (TPSA) is 66.8 Å². The van der Waals surface area contributed by atoms with Crippen molar-refractivity contribution in [1.29, 1.82) is 0 Å². The van der Waals surface area contributed by atoms with Crippen molar-refractivity contribution in [2.75, 3.05) is 19.7 Å². The van der Waals surface area contributed by atoms with Crippen molar-refractivity contribution in [2.24, 2.45) is 5.41 Å². The minimum atomic E-state index is -0.831. The Morgan fingerprint density at radius 1 is 1.41 bits per heavy atom. The third-order valence-electron chi connectivity index (χ3n) is 4.79. The maximum atomic E-state index is 12.5. The van der Waals surface area contributed by atoms with Gasteiger partial charge in [0.25, 0.3) is 0 Å². The van der Waals surface area contributed by atoms with Crippen LogP contribution in [0.5, 0.6) is 0 Å². The molecule has 1 amide bonds. The molecule has 0 saturated carbocycles. The summed E-state index contributed by atoms with van der Waals surface area (Å²) in [5.74, 6) is -0.853. The molecule has 1 fully saturated rings. The molecule has 1 N–H and O–H groups in total. The highest BCUT2D eigenvalue weighted by Crippen LogP contribution is 2.33. The van der Waals surface area contributed by atoms with Gasteiger partial charge in [-0.3, -0.25) is 9.59 Å². The minimum Gasteiger partial charge on any atom is -0.481 e. The highest BCUT2D eigenvalue weighted by Gasteiger charge is 2.42. The average molecular weight is 303 g/mol. The Morgan fingerprint density at radius 3 is 2.91 bits per heavy atom. The van der Waals surface area contributed by atoms with E-state index in [0.717, 1.165) is 12.0 Å². The number of carbonyl (C=O) groups is 2. The molecule has 5 heteroatoms. The van der Waals surface area contributed by atoms with Gasteiger partial charge < -0.3 is 14.7 Å². The lowest BCUT2D eigenvalue weighted by Gasteiger charge is -2.27. The Bertz CT molecular complexity index is 600. The van der Waals surface area contributed by atoms with Crippen LogP contribution < -0.4 is 0 Å². The molecule has 2 aliphatic rings. The fourth-order valence-corrected chi connectivity index (χ4v) is 3.28. The molecular weight excluding hydrogens is 282 g/mol. The van der Waals surface area contributed by atoms with Gasteiger partial charge in [-0.15, -0.1) is 0 Å². The van der Waals surface area contributed by atoms with Crippen LogP contribution in [0.3, 0.4) is 0 Å². The van der Waals surface area contributed by atoms with Crippen LogP contribution in [-0.4, -0.2) is 41.6 Å². The number of carboxylic acids is 1. The molecule has 2 atom stereocenters. The van der Waals surface area contributed by atoms with Gasteiger partial charge in [0.2, 0.25) is 5.91 Å². The van der Waals surface area contributed by atoms with Crippen LogP contribution >= 0.6 is 0 Å². The summed E-state index contributed by atoms with van der Waals surface area (Å²) in [4.78, 5) is 25.4. The lowest BCUT2D eigenvalue weighted by molar-refractivity contribution is -0.147. The predicted molar refractivity (Wildman–Crippen MR) is 80.4 cm³/mol. The van der Waals surface area contributed by atoms with Crippen LogP contribution in [0.1, 0.15) is 37.0 Å². The van der Waals surface area contributed by atoms with Gasteiger partial charge in [0, 0.05) is 13.1 Å². The van der Waals surface area contributed by atoms with Gasteiger partial charge in [-0.25, -0.2) is 0 Å². The van der Waals surface area contributed by atoms with Crippen molar-refractivity contribution in [1.82, 2.24) is 4.90 Å². The first-order valence-electron chi connectivity index (χ1n) is 7.70. The number of hydrogen-bond acceptors (Lipinski definition) is 3. The minimum absolute atomic E-state index is 0.0216. The molecule has 0 bridgehead atoms. The van der Waals surface area contributed by atoms with E-state index < -0.39 is 11.4 Å². The lowest BCUT2D eigenvalue weighted by Crippen LogP contribution is -2.36. The largest absolute Gasteiger partial charge is 0.481 e. The van der Waals surface area contributed by atoms with Crippen LogP contribution in [0.2, 0.25) is 0 Å². The first kappa shape index (κ1) is 15.0. The summed E-state index contributed by atoms with van der Waals surface area (Å²) in [6.45, 7) is 3.13. The number of rotatable bonds is 3. The molecule has 0 aromatic heterocycles. The molecule has 1 aromatic carbocycles. The number of aliphatic carboxylic acids is 1. The smallest absolute Gasteiger partial charge is 0.311 e. The number of benzene rings is 1. The Labute approximate surface area is 129 Å². The quantitative estimate of drug-likeness (QED) is 0.927. The van der Waals surface area contributed by atoms with Crippen molar-refractivity contribution in [3.8, 4) is 0 Å². The van der Waals surface area contributed by atoms with Gasteiger partial charge in [-0.2, -0.15) is 0 Å². The van der Waals surface area contributed by atoms with Gasteiger partial charge in [0.15, 0.2) is 0 Å². The van der Waals surface area contributed by atoms with Crippen molar-refractivity contribution >= 4 is 11.9 Å². The summed E-state index contributed by atoms with van der Waals surface area (Å²) in [7, 11) is 0. The molecule has 3 rings (SSSR count). The molecule has 1 saturated heterocycles. The molecule has 0 aliphatic carbocycles. The normalized spacial score (nSPS) is 27.5. The molecule has 22 heavy (non-hydrogen) atoms. The number of hydrogen-bond donors (Lipinski definition) is 1. The molecule has 2 aliphatic heterocycles. The first-order valence-corrected chi connectivity index (χ1v) is 7.70. The average Bonchev–Trinajstić information content (AvgIpc) is 2.92. The molecule has 0 spiro atoms. The summed E-state index contributed by atoms with van der Waals surface area (Å²) >= 11 is 0. The van der Waals surface area contributed by atoms with Crippen LogP contribution in [0.15, 0.2) is 24.3 Å². The maximum absolute atomic E-state index is 12.5. The summed E-state index contributed by atoms with van der Waals surface area (Å²) in [6.07, 6.45) is 1.46. The fourth-order valence-electron chi connectivity index (χ4n) is 3.28. The van der Waals surface area contributed by atoms with E-state index in [0.29, 0.717) is 19.6 Å². The number of carboxylic acid groups (broad SMARTS) is 1. The van der Waals surface area contributed by atoms with Gasteiger partial charge >= 0.3 is 5.97 Å². The SMILES string of the molecule is CC1(C(=O)O)CCN(C(=O)CC2OCCc3ccccc32)C1. The number of nitrogens with zero attached hydrogens (tertiary/aromatic N) is 1. The Balaban J connectivity index is 1.68. The van der Waals surface area contributed by atoms with Crippen LogP contribution in [0.25, 0.3) is 0 Å². The zero-order valence-electron chi connectivity index (χ0n) is 12.7. The lowest BCUT2D eigenvalue weighted by atomic mass is 9.90. The first-order chi connectivity index (χ1) is 10.5. The molecule has 118 valence electrons. The van der Waals surface area contributed by atoms with E-state index in [1.807, 2.05) is 18.2 Å². The number of ether oxygens (including phenoxy) is 1. The molecule has 2 heterocycles. The zero-order valence-corrected chi connectivity index (χ0v) is 12.7. The Hall–Kier alpha value is -1.88. The van der Waals surface area contributed by atoms with Crippen LogP contribution in [-0.2, 0) is 20.7 Å². The van der Waals surface area contributed by atoms with Gasteiger partial charge in [-0.05, 0) is 30.9 Å².